The SMILES string of the molecule is CC(F)(F)CC[N+](=O)[O-]. The molecule has 5 heteroatoms. The van der Waals surface area contributed by atoms with E-state index in [2.05, 4.69) is 0 Å². The van der Waals surface area contributed by atoms with Crippen LogP contribution in [0.3, 0.4) is 0 Å². The van der Waals surface area contributed by atoms with Crippen LogP contribution in [0.4, 0.5) is 8.78 Å². The van der Waals surface area contributed by atoms with Crippen molar-refractivity contribution in [3.8, 4) is 0 Å². The lowest BCUT2D eigenvalue weighted by atomic mass is 10.3. The molecule has 0 aromatic rings. The van der Waals surface area contributed by atoms with Crippen molar-refractivity contribution in [2.45, 2.75) is 19.3 Å². The Morgan fingerprint density at radius 2 is 2.11 bits per heavy atom. The van der Waals surface area contributed by atoms with Crippen LogP contribution in [0.15, 0.2) is 0 Å². The molecule has 0 aliphatic heterocycles. The molecule has 0 fully saturated rings. The maximum absolute atomic E-state index is 11.8. The number of halogens is 2. The van der Waals surface area contributed by atoms with Crippen LogP contribution in [0.2, 0.25) is 0 Å². The van der Waals surface area contributed by atoms with Crippen molar-refractivity contribution >= 4 is 0 Å². The van der Waals surface area contributed by atoms with E-state index in [4.69, 9.17) is 0 Å². The van der Waals surface area contributed by atoms with E-state index in [-0.39, 0.29) is 0 Å². The second-order valence-corrected chi connectivity index (χ2v) is 1.88. The van der Waals surface area contributed by atoms with Crippen LogP contribution in [-0.4, -0.2) is 17.4 Å². The Balaban J connectivity index is 3.39. The highest BCUT2D eigenvalue weighted by Crippen LogP contribution is 2.15. The van der Waals surface area contributed by atoms with Gasteiger partial charge in [0, 0.05) is 4.92 Å². The molecule has 0 spiro atoms. The van der Waals surface area contributed by atoms with Gasteiger partial charge < -0.3 is 0 Å². The summed E-state index contributed by atoms with van der Waals surface area (Å²) in [6, 6.07) is 0. The maximum atomic E-state index is 11.8. The molecule has 0 unspecified atom stereocenters. The molecular formula is C4H7F2NO2. The van der Waals surface area contributed by atoms with Crippen LogP contribution >= 0.6 is 0 Å². The summed E-state index contributed by atoms with van der Waals surface area (Å²) in [6.45, 7) is 0. The molecule has 9 heavy (non-hydrogen) atoms. The van der Waals surface area contributed by atoms with Gasteiger partial charge in [0.15, 0.2) is 0 Å². The van der Waals surface area contributed by atoms with Crippen molar-refractivity contribution in [2.75, 3.05) is 6.54 Å². The molecule has 0 radical (unpaired) electrons. The van der Waals surface area contributed by atoms with E-state index in [9.17, 15) is 18.9 Å². The average molecular weight is 139 g/mol. The Kier molecular flexibility index (Phi) is 2.48. The normalized spacial score (nSPS) is 11.4. The maximum Gasteiger partial charge on any atom is 0.251 e. The summed E-state index contributed by atoms with van der Waals surface area (Å²) in [5.41, 5.74) is 0. The minimum absolute atomic E-state index is 0.663. The first-order valence-corrected chi connectivity index (χ1v) is 2.41. The van der Waals surface area contributed by atoms with E-state index < -0.39 is 23.8 Å². The van der Waals surface area contributed by atoms with Gasteiger partial charge in [-0.3, -0.25) is 10.1 Å². The number of nitrogens with zero attached hydrogens (tertiary/aromatic N) is 1. The highest BCUT2D eigenvalue weighted by Gasteiger charge is 2.23. The summed E-state index contributed by atoms with van der Waals surface area (Å²) in [5.74, 6) is -2.91. The van der Waals surface area contributed by atoms with Gasteiger partial charge in [-0.25, -0.2) is 8.78 Å². The second-order valence-electron chi connectivity index (χ2n) is 1.88. The number of alkyl halides is 2. The van der Waals surface area contributed by atoms with Crippen LogP contribution in [0, 0.1) is 10.1 Å². The third-order valence-corrected chi connectivity index (χ3v) is 0.733. The smallest absolute Gasteiger partial charge is 0.251 e. The Morgan fingerprint density at radius 3 is 2.22 bits per heavy atom. The van der Waals surface area contributed by atoms with Crippen molar-refractivity contribution in [2.24, 2.45) is 0 Å². The molecule has 3 nitrogen and oxygen atoms in total. The molecule has 0 saturated carbocycles. The fourth-order valence-electron chi connectivity index (χ4n) is 0.288. The minimum atomic E-state index is -2.91. The van der Waals surface area contributed by atoms with Crippen molar-refractivity contribution < 1.29 is 13.7 Å². The second kappa shape index (κ2) is 2.70. The third-order valence-electron chi connectivity index (χ3n) is 0.733. The first-order chi connectivity index (χ1) is 3.92. The zero-order valence-electron chi connectivity index (χ0n) is 4.93. The highest BCUT2D eigenvalue weighted by molar-refractivity contribution is 4.55. The zero-order valence-corrected chi connectivity index (χ0v) is 4.93. The molecule has 0 amide bonds. The van der Waals surface area contributed by atoms with Crippen molar-refractivity contribution in [3.05, 3.63) is 10.1 Å². The van der Waals surface area contributed by atoms with Crippen molar-refractivity contribution in [1.29, 1.82) is 0 Å². The van der Waals surface area contributed by atoms with E-state index in [1.807, 2.05) is 0 Å². The first kappa shape index (κ1) is 8.26. The van der Waals surface area contributed by atoms with Gasteiger partial charge in [-0.05, 0) is 6.92 Å². The topological polar surface area (TPSA) is 43.1 Å². The van der Waals surface area contributed by atoms with Crippen LogP contribution < -0.4 is 0 Å². The van der Waals surface area contributed by atoms with Crippen LogP contribution in [0.1, 0.15) is 13.3 Å². The molecule has 0 atom stereocenters. The van der Waals surface area contributed by atoms with Crippen LogP contribution in [0.5, 0.6) is 0 Å². The van der Waals surface area contributed by atoms with Gasteiger partial charge in [0.1, 0.15) is 0 Å². The lowest BCUT2D eigenvalue weighted by Gasteiger charge is -2.04. The van der Waals surface area contributed by atoms with Gasteiger partial charge in [0.2, 0.25) is 6.54 Å². The number of hydrogen-bond acceptors (Lipinski definition) is 2. The summed E-state index contributed by atoms with van der Waals surface area (Å²) in [6.07, 6.45) is -0.681. The minimum Gasteiger partial charge on any atom is -0.265 e. The molecule has 0 bridgehead atoms. The highest BCUT2D eigenvalue weighted by atomic mass is 19.3. The molecule has 0 saturated heterocycles. The number of hydrogen-bond donors (Lipinski definition) is 0. The predicted octanol–water partition coefficient (Wildman–Crippen LogP) is 1.31. The summed E-state index contributed by atoms with van der Waals surface area (Å²) in [7, 11) is 0. The quantitative estimate of drug-likeness (QED) is 0.437. The van der Waals surface area contributed by atoms with Gasteiger partial charge in [0.05, 0.1) is 6.42 Å². The molecule has 0 heterocycles. The summed E-state index contributed by atoms with van der Waals surface area (Å²) in [5, 5.41) is 9.52. The van der Waals surface area contributed by atoms with Crippen LogP contribution in [0.25, 0.3) is 0 Å². The largest absolute Gasteiger partial charge is 0.265 e. The van der Waals surface area contributed by atoms with E-state index >= 15 is 0 Å². The first-order valence-electron chi connectivity index (χ1n) is 2.41. The van der Waals surface area contributed by atoms with E-state index in [0.29, 0.717) is 6.92 Å². The Bertz CT molecular complexity index is 110. The molecule has 0 aliphatic carbocycles. The lowest BCUT2D eigenvalue weighted by molar-refractivity contribution is -0.484. The third kappa shape index (κ3) is 7.26. The fraction of sp³-hybridized carbons (Fsp3) is 1.00. The molecule has 54 valence electrons. The van der Waals surface area contributed by atoms with E-state index in [1.54, 1.807) is 0 Å². The average Bonchev–Trinajstić information content (AvgIpc) is 1.59. The Morgan fingerprint density at radius 1 is 1.67 bits per heavy atom. The van der Waals surface area contributed by atoms with Crippen molar-refractivity contribution in [1.82, 2.24) is 0 Å². The van der Waals surface area contributed by atoms with Gasteiger partial charge in [-0.2, -0.15) is 0 Å². The molecule has 0 N–H and O–H groups in total. The Hall–Kier alpha value is -0.740. The summed E-state index contributed by atoms with van der Waals surface area (Å²) >= 11 is 0. The molecule has 0 aromatic carbocycles. The van der Waals surface area contributed by atoms with Gasteiger partial charge in [-0.1, -0.05) is 0 Å². The molecule has 0 rings (SSSR count). The van der Waals surface area contributed by atoms with Gasteiger partial charge in [0.25, 0.3) is 5.92 Å². The van der Waals surface area contributed by atoms with Gasteiger partial charge >= 0.3 is 0 Å². The zero-order chi connectivity index (χ0) is 7.49. The van der Waals surface area contributed by atoms with E-state index in [1.165, 1.54) is 0 Å². The number of nitro groups is 1. The summed E-state index contributed by atoms with van der Waals surface area (Å²) < 4.78 is 23.6. The van der Waals surface area contributed by atoms with E-state index in [0.717, 1.165) is 0 Å². The number of rotatable bonds is 3. The molecular weight excluding hydrogens is 132 g/mol. The lowest BCUT2D eigenvalue weighted by Crippen LogP contribution is -2.15. The standard InChI is InChI=1S/C4H7F2NO2/c1-4(5,6)2-3-7(8)9/h2-3H2,1H3. The van der Waals surface area contributed by atoms with Gasteiger partial charge in [-0.15, -0.1) is 0 Å². The molecule has 0 aromatic heterocycles. The fourth-order valence-corrected chi connectivity index (χ4v) is 0.288. The Labute approximate surface area is 50.8 Å². The van der Waals surface area contributed by atoms with Crippen LogP contribution in [-0.2, 0) is 0 Å². The van der Waals surface area contributed by atoms with Crippen molar-refractivity contribution in [3.63, 3.8) is 0 Å². The predicted molar refractivity (Wildman–Crippen MR) is 27.1 cm³/mol. The monoisotopic (exact) mass is 139 g/mol. The summed E-state index contributed by atoms with van der Waals surface area (Å²) in [4.78, 5) is 8.77. The molecule has 0 aliphatic rings.